The van der Waals surface area contributed by atoms with E-state index in [1.54, 1.807) is 0 Å². The molecule has 12 heavy (non-hydrogen) atoms. The van der Waals surface area contributed by atoms with Gasteiger partial charge in [-0.15, -0.1) is 8.19 Å². The predicted octanol–water partition coefficient (Wildman–Crippen LogP) is 3.71. The highest BCUT2D eigenvalue weighted by molar-refractivity contribution is 7.29. The van der Waals surface area contributed by atoms with Crippen LogP contribution in [0.5, 0.6) is 0 Å². The van der Waals surface area contributed by atoms with E-state index in [-0.39, 0.29) is 0 Å². The van der Waals surface area contributed by atoms with E-state index < -0.39 is 0 Å². The topological polar surface area (TPSA) is 0 Å². The molecule has 1 atom stereocenters. The van der Waals surface area contributed by atoms with Crippen molar-refractivity contribution in [2.75, 3.05) is 0 Å². The van der Waals surface area contributed by atoms with Gasteiger partial charge in [0.25, 0.3) is 0 Å². The highest BCUT2D eigenvalue weighted by Crippen LogP contribution is 2.14. The number of rotatable bonds is 1. The van der Waals surface area contributed by atoms with Crippen LogP contribution in [-0.4, -0.2) is 0 Å². The van der Waals surface area contributed by atoms with Crippen molar-refractivity contribution in [2.45, 2.75) is 20.3 Å². The standard InChI is InChI=1S/C11H15P/c1-3-11-8-6-4-5-7-9-12-10(11)2/h4-9,12H,3H2,1-2H3. The van der Waals surface area contributed by atoms with Crippen LogP contribution in [0, 0.1) is 6.92 Å². The van der Waals surface area contributed by atoms with Gasteiger partial charge in [-0.05, 0) is 30.0 Å². The number of aryl methyl sites for hydroxylation is 2. The van der Waals surface area contributed by atoms with Crippen LogP contribution in [0.25, 0.3) is 0 Å². The highest BCUT2D eigenvalue weighted by Gasteiger charge is 1.87. The van der Waals surface area contributed by atoms with Crippen LogP contribution >= 0.6 is 8.19 Å². The smallest absolute Gasteiger partial charge is 0.0302 e. The van der Waals surface area contributed by atoms with Crippen molar-refractivity contribution < 1.29 is 0 Å². The fourth-order valence-corrected chi connectivity index (χ4v) is 2.03. The first-order valence-corrected chi connectivity index (χ1v) is 5.38. The third-order valence-corrected chi connectivity index (χ3v) is 3.00. The third kappa shape index (κ3) is 2.71. The quantitative estimate of drug-likeness (QED) is 0.615. The summed E-state index contributed by atoms with van der Waals surface area (Å²) >= 11 is 0. The van der Waals surface area contributed by atoms with Crippen molar-refractivity contribution in [3.05, 3.63) is 47.0 Å². The molecule has 0 bridgehead atoms. The second-order valence-corrected chi connectivity index (χ2v) is 4.12. The molecule has 0 N–H and O–H groups in total. The first-order valence-electron chi connectivity index (χ1n) is 4.30. The lowest BCUT2D eigenvalue weighted by atomic mass is 10.2. The highest BCUT2D eigenvalue weighted by atomic mass is 31.0. The fraction of sp³-hybridized carbons (Fsp3) is 0.273. The van der Waals surface area contributed by atoms with Crippen molar-refractivity contribution >= 4 is 8.19 Å². The first kappa shape index (κ1) is 9.35. The van der Waals surface area contributed by atoms with Crippen LogP contribution in [0.3, 0.4) is 0 Å². The van der Waals surface area contributed by atoms with Gasteiger partial charge in [0.1, 0.15) is 0 Å². The van der Waals surface area contributed by atoms with Gasteiger partial charge in [0.2, 0.25) is 0 Å². The molecule has 1 unspecified atom stereocenters. The molecule has 0 aliphatic heterocycles. The molecule has 0 saturated carbocycles. The Morgan fingerprint density at radius 3 is 2.67 bits per heavy atom. The van der Waals surface area contributed by atoms with E-state index in [9.17, 15) is 0 Å². The minimum atomic E-state index is 0.843. The summed E-state index contributed by atoms with van der Waals surface area (Å²) in [5.74, 6) is 2.23. The summed E-state index contributed by atoms with van der Waals surface area (Å²) in [6, 6.07) is 10.6. The third-order valence-electron chi connectivity index (χ3n) is 1.89. The minimum absolute atomic E-state index is 0.843. The Morgan fingerprint density at radius 2 is 1.92 bits per heavy atom. The van der Waals surface area contributed by atoms with Crippen LogP contribution in [0.1, 0.15) is 17.8 Å². The van der Waals surface area contributed by atoms with Crippen molar-refractivity contribution in [1.82, 2.24) is 0 Å². The molecule has 0 aliphatic rings. The van der Waals surface area contributed by atoms with E-state index in [0.717, 1.165) is 14.6 Å². The zero-order chi connectivity index (χ0) is 8.81. The fourth-order valence-electron chi connectivity index (χ4n) is 1.13. The average molecular weight is 178 g/mol. The normalized spacial score (nSPS) is 9.83. The molecule has 0 radical (unpaired) electrons. The molecule has 64 valence electrons. The van der Waals surface area contributed by atoms with E-state index >= 15 is 0 Å². The molecule has 0 spiro atoms. The molecule has 1 aromatic heterocycles. The van der Waals surface area contributed by atoms with Crippen LogP contribution < -0.4 is 0 Å². The summed E-state index contributed by atoms with van der Waals surface area (Å²) in [6.07, 6.45) is 1.14. The lowest BCUT2D eigenvalue weighted by Crippen LogP contribution is -1.77. The van der Waals surface area contributed by atoms with Gasteiger partial charge in [0.15, 0.2) is 0 Å². The molecule has 1 heteroatoms. The van der Waals surface area contributed by atoms with Gasteiger partial charge in [-0.1, -0.05) is 37.3 Å². The molecule has 1 aromatic rings. The van der Waals surface area contributed by atoms with E-state index in [4.69, 9.17) is 0 Å². The Balaban J connectivity index is 3.24. The molecule has 0 amide bonds. The molecular weight excluding hydrogens is 163 g/mol. The number of hydrogen-bond donors (Lipinski definition) is 0. The first-order chi connectivity index (χ1) is 5.84. The largest absolute Gasteiger partial charge is 0.137 e. The van der Waals surface area contributed by atoms with Crippen LogP contribution in [0.2, 0.25) is 0 Å². The Bertz CT molecular complexity index is 285. The Morgan fingerprint density at radius 1 is 1.17 bits per heavy atom. The molecule has 0 aliphatic carbocycles. The van der Waals surface area contributed by atoms with Crippen molar-refractivity contribution in [3.8, 4) is 0 Å². The molecule has 1 heterocycles. The molecule has 0 aromatic carbocycles. The van der Waals surface area contributed by atoms with Crippen molar-refractivity contribution in [3.63, 3.8) is 0 Å². The van der Waals surface area contributed by atoms with Crippen molar-refractivity contribution in [1.29, 1.82) is 0 Å². The van der Waals surface area contributed by atoms with Gasteiger partial charge in [-0.3, -0.25) is 0 Å². The second-order valence-electron chi connectivity index (χ2n) is 2.75. The summed E-state index contributed by atoms with van der Waals surface area (Å²) in [5, 5.41) is 1.51. The molecule has 0 fully saturated rings. The number of hydrogen-bond acceptors (Lipinski definition) is 0. The monoisotopic (exact) mass is 178 g/mol. The van der Waals surface area contributed by atoms with E-state index in [1.165, 1.54) is 10.9 Å². The van der Waals surface area contributed by atoms with E-state index in [0.29, 0.717) is 0 Å². The molecule has 0 nitrogen and oxygen atoms in total. The minimum Gasteiger partial charge on any atom is -0.137 e. The SMILES string of the molecule is CCc1cccccc[pH]c1C. The van der Waals surface area contributed by atoms with E-state index in [1.807, 2.05) is 0 Å². The summed E-state index contributed by atoms with van der Waals surface area (Å²) in [7, 11) is 0.843. The predicted molar refractivity (Wildman–Crippen MR) is 57.7 cm³/mol. The summed E-state index contributed by atoms with van der Waals surface area (Å²) in [5.41, 5.74) is 1.48. The molecule has 1 rings (SSSR count). The van der Waals surface area contributed by atoms with Gasteiger partial charge < -0.3 is 0 Å². The van der Waals surface area contributed by atoms with Gasteiger partial charge in [0, 0.05) is 0 Å². The summed E-state index contributed by atoms with van der Waals surface area (Å²) < 4.78 is 0. The van der Waals surface area contributed by atoms with Gasteiger partial charge in [0.05, 0.1) is 0 Å². The van der Waals surface area contributed by atoms with Gasteiger partial charge in [-0.25, -0.2) is 0 Å². The Kier molecular flexibility index (Phi) is 3.90. The molecule has 0 saturated heterocycles. The second kappa shape index (κ2) is 5.00. The summed E-state index contributed by atoms with van der Waals surface area (Å²) in [6.45, 7) is 4.43. The van der Waals surface area contributed by atoms with Crippen LogP contribution in [-0.2, 0) is 6.42 Å². The molecular formula is C11H15P. The Hall–Kier alpha value is -0.740. The van der Waals surface area contributed by atoms with Crippen molar-refractivity contribution in [2.24, 2.45) is 0 Å². The lowest BCUT2D eigenvalue weighted by molar-refractivity contribution is 1.13. The van der Waals surface area contributed by atoms with Gasteiger partial charge >= 0.3 is 0 Å². The lowest BCUT2D eigenvalue weighted by Gasteiger charge is -1.95. The zero-order valence-corrected chi connectivity index (χ0v) is 8.67. The zero-order valence-electron chi connectivity index (χ0n) is 7.67. The van der Waals surface area contributed by atoms with E-state index in [2.05, 4.69) is 50.0 Å². The maximum atomic E-state index is 2.23. The van der Waals surface area contributed by atoms with Crippen LogP contribution in [0.4, 0.5) is 0 Å². The maximum Gasteiger partial charge on any atom is -0.0302 e. The van der Waals surface area contributed by atoms with Gasteiger partial charge in [-0.2, -0.15) is 0 Å². The average Bonchev–Trinajstić information content (AvgIpc) is 2.17. The maximum absolute atomic E-state index is 2.23. The summed E-state index contributed by atoms with van der Waals surface area (Å²) in [4.78, 5) is 0. The van der Waals surface area contributed by atoms with Crippen LogP contribution in [0.15, 0.2) is 36.1 Å². The Labute approximate surface area is 76.1 Å².